The predicted octanol–water partition coefficient (Wildman–Crippen LogP) is 6.52. The molecule has 30 heavy (non-hydrogen) atoms. The SMILES string of the molecule is CCCC(CC)N/C=C(\C=N)C1=Nc2c(cccc2-c2cc(F)c(CC)c(F)c2)C1. The lowest BCUT2D eigenvalue weighted by atomic mass is 9.97. The van der Waals surface area contributed by atoms with Gasteiger partial charge in [0.1, 0.15) is 11.6 Å². The number of aliphatic imine (C=N–C) groups is 1. The molecule has 0 saturated heterocycles. The molecule has 0 radical (unpaired) electrons. The lowest BCUT2D eigenvalue weighted by Gasteiger charge is -2.14. The molecule has 2 aromatic rings. The van der Waals surface area contributed by atoms with Gasteiger partial charge in [-0.2, -0.15) is 0 Å². The van der Waals surface area contributed by atoms with E-state index in [9.17, 15) is 8.78 Å². The van der Waals surface area contributed by atoms with Gasteiger partial charge in [-0.25, -0.2) is 8.78 Å². The van der Waals surface area contributed by atoms with Crippen LogP contribution in [0.2, 0.25) is 0 Å². The fourth-order valence-electron chi connectivity index (χ4n) is 3.89. The van der Waals surface area contributed by atoms with Gasteiger partial charge in [0.05, 0.1) is 11.4 Å². The molecule has 1 aliphatic rings. The Morgan fingerprint density at radius 2 is 1.93 bits per heavy atom. The molecule has 2 aromatic carbocycles. The first kappa shape index (κ1) is 21.9. The van der Waals surface area contributed by atoms with E-state index in [1.807, 2.05) is 24.4 Å². The summed E-state index contributed by atoms with van der Waals surface area (Å²) >= 11 is 0. The van der Waals surface area contributed by atoms with E-state index in [0.29, 0.717) is 30.0 Å². The fraction of sp³-hybridized carbons (Fsp3) is 0.360. The number of halogens is 2. The van der Waals surface area contributed by atoms with Gasteiger partial charge < -0.3 is 10.7 Å². The van der Waals surface area contributed by atoms with Gasteiger partial charge >= 0.3 is 0 Å². The molecule has 3 nitrogen and oxygen atoms in total. The van der Waals surface area contributed by atoms with Crippen molar-refractivity contribution in [3.63, 3.8) is 0 Å². The number of benzene rings is 2. The van der Waals surface area contributed by atoms with Gasteiger partial charge in [0.2, 0.25) is 0 Å². The van der Waals surface area contributed by atoms with E-state index in [0.717, 1.165) is 41.8 Å². The molecule has 0 fully saturated rings. The van der Waals surface area contributed by atoms with Crippen molar-refractivity contribution in [2.45, 2.75) is 58.9 Å². The molecule has 0 spiro atoms. The predicted molar refractivity (Wildman–Crippen MR) is 121 cm³/mol. The second kappa shape index (κ2) is 9.79. The van der Waals surface area contributed by atoms with E-state index in [-0.39, 0.29) is 5.56 Å². The molecule has 1 unspecified atom stereocenters. The number of nitrogens with zero attached hydrogens (tertiary/aromatic N) is 1. The molecule has 158 valence electrons. The van der Waals surface area contributed by atoms with Crippen LogP contribution >= 0.6 is 0 Å². The highest BCUT2D eigenvalue weighted by Crippen LogP contribution is 2.39. The molecular weight excluding hydrogens is 380 g/mol. The normalized spacial score (nSPS) is 14.3. The standard InChI is InChI=1S/C25H29F2N3/c1-4-8-19(5-2)29-15-18(14-28)24-13-16-9-7-10-21(25(16)30-24)17-11-22(26)20(6-3)23(27)12-17/h7,9-12,14-15,19,28-29H,4-6,8,13H2,1-3H3/b18-15+,28-14?. The van der Waals surface area contributed by atoms with Crippen molar-refractivity contribution in [3.8, 4) is 11.1 Å². The Kier molecular flexibility index (Phi) is 7.14. The van der Waals surface area contributed by atoms with Crippen LogP contribution in [-0.4, -0.2) is 18.0 Å². The van der Waals surface area contributed by atoms with Crippen LogP contribution < -0.4 is 5.32 Å². The van der Waals surface area contributed by atoms with E-state index >= 15 is 0 Å². The van der Waals surface area contributed by atoms with Crippen LogP contribution in [0.3, 0.4) is 0 Å². The molecule has 3 rings (SSSR count). The maximum atomic E-state index is 14.4. The van der Waals surface area contributed by atoms with Crippen LogP contribution in [0.1, 0.15) is 51.2 Å². The Hall–Kier alpha value is -2.82. The van der Waals surface area contributed by atoms with Crippen LogP contribution in [0.15, 0.2) is 47.1 Å². The zero-order valence-corrected chi connectivity index (χ0v) is 17.9. The third kappa shape index (κ3) is 4.50. The van der Waals surface area contributed by atoms with Crippen LogP contribution in [0, 0.1) is 17.0 Å². The molecule has 5 heteroatoms. The van der Waals surface area contributed by atoms with Crippen molar-refractivity contribution in [1.82, 2.24) is 5.32 Å². The first-order chi connectivity index (χ1) is 14.5. The average Bonchev–Trinajstić information content (AvgIpc) is 3.17. The molecule has 0 saturated carbocycles. The summed E-state index contributed by atoms with van der Waals surface area (Å²) in [4.78, 5) is 4.76. The maximum absolute atomic E-state index is 14.4. The lowest BCUT2D eigenvalue weighted by molar-refractivity contribution is 0.520. The van der Waals surface area contributed by atoms with Gasteiger partial charge in [-0.05, 0) is 42.5 Å². The number of para-hydroxylation sites is 1. The Balaban J connectivity index is 1.95. The van der Waals surface area contributed by atoms with Crippen LogP contribution in [0.4, 0.5) is 14.5 Å². The number of hydrogen-bond acceptors (Lipinski definition) is 3. The molecule has 1 atom stereocenters. The smallest absolute Gasteiger partial charge is 0.129 e. The van der Waals surface area contributed by atoms with Crippen LogP contribution in [0.25, 0.3) is 11.1 Å². The van der Waals surface area contributed by atoms with Gasteiger partial charge in [-0.15, -0.1) is 0 Å². The minimum atomic E-state index is -0.530. The molecule has 1 heterocycles. The number of allylic oxidation sites excluding steroid dienone is 1. The molecule has 0 aliphatic carbocycles. The minimum absolute atomic E-state index is 0.105. The summed E-state index contributed by atoms with van der Waals surface area (Å²) in [6.07, 6.45) is 7.26. The Labute approximate surface area is 177 Å². The number of fused-ring (bicyclic) bond motifs is 1. The average molecular weight is 410 g/mol. The summed E-state index contributed by atoms with van der Waals surface area (Å²) in [6, 6.07) is 8.84. The fourth-order valence-corrected chi connectivity index (χ4v) is 3.89. The van der Waals surface area contributed by atoms with Crippen LogP contribution in [-0.2, 0) is 12.8 Å². The van der Waals surface area contributed by atoms with E-state index in [2.05, 4.69) is 19.2 Å². The molecule has 0 amide bonds. The first-order valence-corrected chi connectivity index (χ1v) is 10.7. The van der Waals surface area contributed by atoms with E-state index < -0.39 is 11.6 Å². The highest BCUT2D eigenvalue weighted by Gasteiger charge is 2.21. The number of hydrogen-bond donors (Lipinski definition) is 2. The highest BCUT2D eigenvalue weighted by atomic mass is 19.1. The summed E-state index contributed by atoms with van der Waals surface area (Å²) in [5.74, 6) is -1.06. The summed E-state index contributed by atoms with van der Waals surface area (Å²) < 4.78 is 28.7. The van der Waals surface area contributed by atoms with Crippen molar-refractivity contribution in [2.24, 2.45) is 4.99 Å². The van der Waals surface area contributed by atoms with E-state index in [1.165, 1.54) is 18.3 Å². The molecule has 0 bridgehead atoms. The van der Waals surface area contributed by atoms with Gasteiger partial charge in [0.25, 0.3) is 0 Å². The van der Waals surface area contributed by atoms with Crippen molar-refractivity contribution in [2.75, 3.05) is 0 Å². The number of nitrogens with one attached hydrogen (secondary N) is 2. The zero-order valence-electron chi connectivity index (χ0n) is 17.9. The second-order valence-electron chi connectivity index (χ2n) is 7.63. The van der Waals surface area contributed by atoms with Crippen molar-refractivity contribution in [1.29, 1.82) is 5.41 Å². The molecular formula is C25H29F2N3. The first-order valence-electron chi connectivity index (χ1n) is 10.7. The van der Waals surface area contributed by atoms with Crippen molar-refractivity contribution in [3.05, 3.63) is 64.9 Å². The maximum Gasteiger partial charge on any atom is 0.129 e. The van der Waals surface area contributed by atoms with Gasteiger partial charge in [0, 0.05) is 41.6 Å². The van der Waals surface area contributed by atoms with Gasteiger partial charge in [0.15, 0.2) is 0 Å². The Morgan fingerprint density at radius 1 is 1.20 bits per heavy atom. The highest BCUT2D eigenvalue weighted by molar-refractivity contribution is 6.19. The third-order valence-corrected chi connectivity index (χ3v) is 5.62. The summed E-state index contributed by atoms with van der Waals surface area (Å²) in [5, 5.41) is 11.2. The minimum Gasteiger partial charge on any atom is -0.388 e. The second-order valence-corrected chi connectivity index (χ2v) is 7.63. The Morgan fingerprint density at radius 3 is 2.53 bits per heavy atom. The number of rotatable bonds is 9. The monoisotopic (exact) mass is 409 g/mol. The molecule has 1 aliphatic heterocycles. The van der Waals surface area contributed by atoms with Gasteiger partial charge in [-0.3, -0.25) is 4.99 Å². The van der Waals surface area contributed by atoms with Crippen LogP contribution in [0.5, 0.6) is 0 Å². The zero-order chi connectivity index (χ0) is 21.7. The quantitative estimate of drug-likeness (QED) is 0.455. The summed E-state index contributed by atoms with van der Waals surface area (Å²) in [7, 11) is 0. The van der Waals surface area contributed by atoms with Gasteiger partial charge in [-0.1, -0.05) is 45.4 Å². The van der Waals surface area contributed by atoms with Crippen molar-refractivity contribution >= 4 is 17.6 Å². The largest absolute Gasteiger partial charge is 0.388 e. The summed E-state index contributed by atoms with van der Waals surface area (Å²) in [5.41, 5.74) is 4.53. The van der Waals surface area contributed by atoms with E-state index in [1.54, 1.807) is 6.92 Å². The Bertz CT molecular complexity index is 969. The summed E-state index contributed by atoms with van der Waals surface area (Å²) in [6.45, 7) is 6.03. The lowest BCUT2D eigenvalue weighted by Crippen LogP contribution is -2.24. The topological polar surface area (TPSA) is 48.2 Å². The molecule has 2 N–H and O–H groups in total. The van der Waals surface area contributed by atoms with E-state index in [4.69, 9.17) is 10.4 Å². The third-order valence-electron chi connectivity index (χ3n) is 5.62. The molecule has 0 aromatic heterocycles. The van der Waals surface area contributed by atoms with Crippen molar-refractivity contribution < 1.29 is 8.78 Å².